The number of aryl methyl sites for hydroxylation is 1. The molecule has 9 heteroatoms. The minimum absolute atomic E-state index is 0.253. The van der Waals surface area contributed by atoms with E-state index in [-0.39, 0.29) is 30.8 Å². The predicted molar refractivity (Wildman–Crippen MR) is 123 cm³/mol. The normalized spacial score (nSPS) is 18.6. The van der Waals surface area contributed by atoms with Crippen molar-refractivity contribution < 1.29 is 23.8 Å². The molecular formula is C24H28N4O5. The van der Waals surface area contributed by atoms with Gasteiger partial charge in [-0.2, -0.15) is 5.10 Å². The molecule has 2 heterocycles. The number of carbonyl (C=O) groups is 2. The Hall–Kier alpha value is -3.75. The molecule has 2 aliphatic heterocycles. The molecule has 2 aromatic rings. The van der Waals surface area contributed by atoms with Gasteiger partial charge in [-0.1, -0.05) is 35.9 Å². The van der Waals surface area contributed by atoms with E-state index in [4.69, 9.17) is 14.2 Å². The van der Waals surface area contributed by atoms with Crippen molar-refractivity contribution in [2.24, 2.45) is 5.10 Å². The second kappa shape index (κ2) is 9.40. The smallest absolute Gasteiger partial charge is 0.410 e. The van der Waals surface area contributed by atoms with Crippen LogP contribution in [0.25, 0.3) is 0 Å². The number of benzene rings is 2. The summed E-state index contributed by atoms with van der Waals surface area (Å²) < 4.78 is 15.8. The molecule has 2 aromatic carbocycles. The Morgan fingerprint density at radius 1 is 1.15 bits per heavy atom. The number of ether oxygens (including phenoxy) is 3. The van der Waals surface area contributed by atoms with Crippen LogP contribution in [0, 0.1) is 6.92 Å². The standard InChI is InChI=1S/C24H28N4O5/c1-15-5-7-17(8-6-15)22-19(27-11-12-33-24(27)30)14-28(26-22)23(29)25-16(2)18-9-10-20(31-3)21(13-18)32-4/h5-10,13,16,19H,11-12,14H2,1-4H3,(H,25,29)/t16?,19-/m0/s1. The van der Waals surface area contributed by atoms with Crippen LogP contribution in [0.15, 0.2) is 47.6 Å². The summed E-state index contributed by atoms with van der Waals surface area (Å²) in [6, 6.07) is 12.4. The van der Waals surface area contributed by atoms with Crippen LogP contribution >= 0.6 is 0 Å². The van der Waals surface area contributed by atoms with Crippen molar-refractivity contribution in [3.63, 3.8) is 0 Å². The molecule has 2 aliphatic rings. The van der Waals surface area contributed by atoms with Crippen LogP contribution < -0.4 is 14.8 Å². The van der Waals surface area contributed by atoms with E-state index in [1.165, 1.54) is 5.01 Å². The predicted octanol–water partition coefficient (Wildman–Crippen LogP) is 3.32. The fourth-order valence-corrected chi connectivity index (χ4v) is 3.99. The SMILES string of the molecule is COc1ccc(C(C)NC(=O)N2C[C@H](N3CCOC3=O)C(c3ccc(C)cc3)=N2)cc1OC. The highest BCUT2D eigenvalue weighted by molar-refractivity contribution is 6.07. The first-order valence-electron chi connectivity index (χ1n) is 10.8. The van der Waals surface area contributed by atoms with E-state index in [1.807, 2.05) is 50.2 Å². The van der Waals surface area contributed by atoms with Crippen LogP contribution in [0.5, 0.6) is 11.5 Å². The average Bonchev–Trinajstić information content (AvgIpc) is 3.45. The summed E-state index contributed by atoms with van der Waals surface area (Å²) in [5.74, 6) is 1.21. The first kappa shape index (κ1) is 22.4. The van der Waals surface area contributed by atoms with E-state index in [0.717, 1.165) is 16.7 Å². The third kappa shape index (κ3) is 4.57. The minimum Gasteiger partial charge on any atom is -0.493 e. The summed E-state index contributed by atoms with van der Waals surface area (Å²) in [5, 5.41) is 8.96. The number of nitrogens with one attached hydrogen (secondary N) is 1. The van der Waals surface area contributed by atoms with Gasteiger partial charge in [-0.25, -0.2) is 14.6 Å². The molecule has 33 heavy (non-hydrogen) atoms. The van der Waals surface area contributed by atoms with Crippen LogP contribution in [0.2, 0.25) is 0 Å². The molecule has 9 nitrogen and oxygen atoms in total. The van der Waals surface area contributed by atoms with Crippen molar-refractivity contribution in [1.82, 2.24) is 15.2 Å². The van der Waals surface area contributed by atoms with E-state index >= 15 is 0 Å². The minimum atomic E-state index is -0.388. The molecule has 0 spiro atoms. The average molecular weight is 453 g/mol. The Balaban J connectivity index is 1.54. The number of amides is 3. The van der Waals surface area contributed by atoms with Gasteiger partial charge in [0.15, 0.2) is 11.5 Å². The number of nitrogens with zero attached hydrogens (tertiary/aromatic N) is 3. The Bertz CT molecular complexity index is 1070. The number of hydrazone groups is 1. The van der Waals surface area contributed by atoms with Gasteiger partial charge in [0, 0.05) is 0 Å². The van der Waals surface area contributed by atoms with Gasteiger partial charge < -0.3 is 19.5 Å². The Morgan fingerprint density at radius 2 is 1.88 bits per heavy atom. The van der Waals surface area contributed by atoms with Gasteiger partial charge in [0.25, 0.3) is 0 Å². The first-order valence-corrected chi connectivity index (χ1v) is 10.8. The number of hydrogen-bond donors (Lipinski definition) is 1. The lowest BCUT2D eigenvalue weighted by Crippen LogP contribution is -2.46. The quantitative estimate of drug-likeness (QED) is 0.726. The molecule has 1 unspecified atom stereocenters. The van der Waals surface area contributed by atoms with Gasteiger partial charge in [-0.15, -0.1) is 0 Å². The van der Waals surface area contributed by atoms with Gasteiger partial charge in [0.1, 0.15) is 6.61 Å². The summed E-state index contributed by atoms with van der Waals surface area (Å²) in [6.45, 7) is 4.94. The largest absolute Gasteiger partial charge is 0.493 e. The molecule has 0 saturated carbocycles. The maximum atomic E-state index is 13.1. The summed E-state index contributed by atoms with van der Waals surface area (Å²) in [5.41, 5.74) is 3.52. The monoisotopic (exact) mass is 452 g/mol. The zero-order valence-electron chi connectivity index (χ0n) is 19.2. The Kier molecular flexibility index (Phi) is 6.39. The third-order valence-corrected chi connectivity index (χ3v) is 5.89. The van der Waals surface area contributed by atoms with E-state index in [0.29, 0.717) is 30.4 Å². The molecule has 174 valence electrons. The number of hydrogen-bond acceptors (Lipinski definition) is 6. The maximum Gasteiger partial charge on any atom is 0.410 e. The first-order chi connectivity index (χ1) is 15.9. The summed E-state index contributed by atoms with van der Waals surface area (Å²) in [4.78, 5) is 27.0. The lowest BCUT2D eigenvalue weighted by atomic mass is 10.0. The van der Waals surface area contributed by atoms with E-state index in [1.54, 1.807) is 25.2 Å². The molecule has 0 radical (unpaired) electrons. The fraction of sp³-hybridized carbons (Fsp3) is 0.375. The second-order valence-corrected chi connectivity index (χ2v) is 8.04. The van der Waals surface area contributed by atoms with Crippen LogP contribution in [0.4, 0.5) is 9.59 Å². The van der Waals surface area contributed by atoms with E-state index in [2.05, 4.69) is 10.4 Å². The summed E-state index contributed by atoms with van der Waals surface area (Å²) >= 11 is 0. The van der Waals surface area contributed by atoms with Gasteiger partial charge in [-0.3, -0.25) is 4.90 Å². The third-order valence-electron chi connectivity index (χ3n) is 5.89. The highest BCUT2D eigenvalue weighted by Crippen LogP contribution is 2.30. The second-order valence-electron chi connectivity index (χ2n) is 8.04. The van der Waals surface area contributed by atoms with Crippen LogP contribution in [0.3, 0.4) is 0 Å². The van der Waals surface area contributed by atoms with E-state index < -0.39 is 0 Å². The van der Waals surface area contributed by atoms with Crippen molar-refractivity contribution in [3.05, 3.63) is 59.2 Å². The zero-order chi connectivity index (χ0) is 23.5. The Labute approximate surface area is 192 Å². The van der Waals surface area contributed by atoms with E-state index in [9.17, 15) is 9.59 Å². The van der Waals surface area contributed by atoms with Crippen molar-refractivity contribution in [3.8, 4) is 11.5 Å². The van der Waals surface area contributed by atoms with Crippen molar-refractivity contribution in [2.45, 2.75) is 25.9 Å². The number of rotatable bonds is 6. The lowest BCUT2D eigenvalue weighted by molar-refractivity contribution is 0.150. The molecule has 0 aromatic heterocycles. The van der Waals surface area contributed by atoms with Crippen molar-refractivity contribution in [2.75, 3.05) is 33.9 Å². The molecule has 2 atom stereocenters. The lowest BCUT2D eigenvalue weighted by Gasteiger charge is -2.23. The molecule has 0 bridgehead atoms. The van der Waals surface area contributed by atoms with Crippen LogP contribution in [-0.2, 0) is 4.74 Å². The Morgan fingerprint density at radius 3 is 2.52 bits per heavy atom. The molecule has 1 saturated heterocycles. The number of methoxy groups -OCH3 is 2. The molecular weight excluding hydrogens is 424 g/mol. The number of urea groups is 1. The van der Waals surface area contributed by atoms with Gasteiger partial charge in [0.05, 0.1) is 45.1 Å². The highest BCUT2D eigenvalue weighted by Gasteiger charge is 2.40. The van der Waals surface area contributed by atoms with Gasteiger partial charge in [-0.05, 0) is 37.1 Å². The molecule has 1 fully saturated rings. The molecule has 1 N–H and O–H groups in total. The van der Waals surface area contributed by atoms with Crippen molar-refractivity contribution in [1.29, 1.82) is 0 Å². The highest BCUT2D eigenvalue weighted by atomic mass is 16.6. The fourth-order valence-electron chi connectivity index (χ4n) is 3.99. The van der Waals surface area contributed by atoms with Gasteiger partial charge in [0.2, 0.25) is 0 Å². The van der Waals surface area contributed by atoms with Gasteiger partial charge >= 0.3 is 12.1 Å². The number of carbonyl (C=O) groups excluding carboxylic acids is 2. The molecule has 3 amide bonds. The maximum absolute atomic E-state index is 13.1. The topological polar surface area (TPSA) is 92.7 Å². The summed E-state index contributed by atoms with van der Waals surface area (Å²) in [7, 11) is 3.15. The van der Waals surface area contributed by atoms with Crippen molar-refractivity contribution >= 4 is 17.8 Å². The zero-order valence-corrected chi connectivity index (χ0v) is 19.2. The molecule has 0 aliphatic carbocycles. The number of cyclic esters (lactones) is 1. The van der Waals surface area contributed by atoms with Crippen LogP contribution in [-0.4, -0.2) is 67.7 Å². The summed E-state index contributed by atoms with van der Waals surface area (Å²) in [6.07, 6.45) is -0.388. The van der Waals surface area contributed by atoms with Crippen LogP contribution in [0.1, 0.15) is 29.7 Å². The molecule has 4 rings (SSSR count).